The molecule has 20 heavy (non-hydrogen) atoms. The molecule has 0 saturated carbocycles. The summed E-state index contributed by atoms with van der Waals surface area (Å²) < 4.78 is 0. The summed E-state index contributed by atoms with van der Waals surface area (Å²) in [5, 5.41) is 6.45. The van der Waals surface area contributed by atoms with Crippen molar-refractivity contribution in [2.75, 3.05) is 17.2 Å². The van der Waals surface area contributed by atoms with Crippen LogP contribution in [0.25, 0.3) is 0 Å². The monoisotopic (exact) mass is 288 g/mol. The molecule has 2 rings (SSSR count). The molecule has 0 radical (unpaired) electrons. The van der Waals surface area contributed by atoms with E-state index >= 15 is 0 Å². The average Bonchev–Trinajstić information content (AvgIpc) is 2.47. The van der Waals surface area contributed by atoms with E-state index in [1.807, 2.05) is 42.5 Å². The van der Waals surface area contributed by atoms with Gasteiger partial charge in [-0.25, -0.2) is 0 Å². The quantitative estimate of drug-likeness (QED) is 0.874. The molecule has 0 heterocycles. The molecule has 104 valence electrons. The minimum Gasteiger partial charge on any atom is -0.375 e. The lowest BCUT2D eigenvalue weighted by molar-refractivity contribution is -0.114. The summed E-state index contributed by atoms with van der Waals surface area (Å²) in [7, 11) is 0. The van der Waals surface area contributed by atoms with Gasteiger partial charge < -0.3 is 10.6 Å². The van der Waals surface area contributed by atoms with E-state index in [-0.39, 0.29) is 12.5 Å². The first kappa shape index (κ1) is 14.4. The minimum absolute atomic E-state index is 0.103. The van der Waals surface area contributed by atoms with Crippen LogP contribution in [-0.4, -0.2) is 12.5 Å². The molecule has 4 heteroatoms. The molecular formula is C16H17ClN2O. The SMILES string of the molecule is CCc1ccc(NC(=O)CNc2ccccc2Cl)cc1. The molecule has 0 aliphatic rings. The van der Waals surface area contributed by atoms with Crippen molar-refractivity contribution in [3.05, 3.63) is 59.1 Å². The standard InChI is InChI=1S/C16H17ClN2O/c1-2-12-7-9-13(10-8-12)19-16(20)11-18-15-6-4-3-5-14(15)17/h3-10,18H,2,11H2,1H3,(H,19,20). The molecule has 0 saturated heterocycles. The van der Waals surface area contributed by atoms with Gasteiger partial charge in [-0.15, -0.1) is 0 Å². The van der Waals surface area contributed by atoms with Crippen molar-refractivity contribution in [3.63, 3.8) is 0 Å². The molecule has 0 atom stereocenters. The van der Waals surface area contributed by atoms with E-state index in [0.717, 1.165) is 17.8 Å². The van der Waals surface area contributed by atoms with Gasteiger partial charge in [0, 0.05) is 5.69 Å². The van der Waals surface area contributed by atoms with E-state index in [0.29, 0.717) is 5.02 Å². The summed E-state index contributed by atoms with van der Waals surface area (Å²) >= 11 is 6.01. The average molecular weight is 289 g/mol. The van der Waals surface area contributed by atoms with Crippen molar-refractivity contribution in [1.29, 1.82) is 0 Å². The Hall–Kier alpha value is -2.00. The number of rotatable bonds is 5. The first-order chi connectivity index (χ1) is 9.69. The zero-order valence-electron chi connectivity index (χ0n) is 11.3. The lowest BCUT2D eigenvalue weighted by Gasteiger charge is -2.09. The number of hydrogen-bond donors (Lipinski definition) is 2. The van der Waals surface area contributed by atoms with Crippen LogP contribution in [-0.2, 0) is 11.2 Å². The summed E-state index contributed by atoms with van der Waals surface area (Å²) in [6.45, 7) is 2.28. The van der Waals surface area contributed by atoms with Crippen molar-refractivity contribution < 1.29 is 4.79 Å². The van der Waals surface area contributed by atoms with E-state index in [4.69, 9.17) is 11.6 Å². The molecule has 2 N–H and O–H groups in total. The Bertz CT molecular complexity index is 581. The van der Waals surface area contributed by atoms with Crippen molar-refractivity contribution in [1.82, 2.24) is 0 Å². The van der Waals surface area contributed by atoms with Crippen LogP contribution in [0.3, 0.4) is 0 Å². The summed E-state index contributed by atoms with van der Waals surface area (Å²) in [6.07, 6.45) is 0.988. The predicted molar refractivity (Wildman–Crippen MR) is 84.4 cm³/mol. The fourth-order valence-electron chi connectivity index (χ4n) is 1.81. The number of benzene rings is 2. The highest BCUT2D eigenvalue weighted by molar-refractivity contribution is 6.33. The van der Waals surface area contributed by atoms with Crippen LogP contribution in [0.5, 0.6) is 0 Å². The van der Waals surface area contributed by atoms with E-state index in [1.165, 1.54) is 5.56 Å². The summed E-state index contributed by atoms with van der Waals surface area (Å²) in [5.41, 5.74) is 2.80. The molecule has 0 unspecified atom stereocenters. The first-order valence-electron chi connectivity index (χ1n) is 6.56. The van der Waals surface area contributed by atoms with Gasteiger partial charge in [0.2, 0.25) is 5.91 Å². The molecular weight excluding hydrogens is 272 g/mol. The Kier molecular flexibility index (Phi) is 5.02. The second-order valence-corrected chi connectivity index (χ2v) is 4.84. The Morgan fingerprint density at radius 2 is 1.80 bits per heavy atom. The predicted octanol–water partition coefficient (Wildman–Crippen LogP) is 3.95. The Balaban J connectivity index is 1.87. The second-order valence-electron chi connectivity index (χ2n) is 4.43. The topological polar surface area (TPSA) is 41.1 Å². The smallest absolute Gasteiger partial charge is 0.243 e. The van der Waals surface area contributed by atoms with Gasteiger partial charge in [0.15, 0.2) is 0 Å². The zero-order valence-corrected chi connectivity index (χ0v) is 12.1. The normalized spacial score (nSPS) is 10.1. The maximum atomic E-state index is 11.8. The number of anilines is 2. The lowest BCUT2D eigenvalue weighted by Crippen LogP contribution is -2.21. The minimum atomic E-state index is -0.103. The Labute approximate surface area is 124 Å². The third-order valence-corrected chi connectivity index (χ3v) is 3.29. The molecule has 0 aliphatic carbocycles. The number of carbonyl (C=O) groups excluding carboxylic acids is 1. The van der Waals surface area contributed by atoms with Gasteiger partial charge in [-0.05, 0) is 36.2 Å². The maximum absolute atomic E-state index is 11.8. The lowest BCUT2D eigenvalue weighted by atomic mass is 10.1. The van der Waals surface area contributed by atoms with Gasteiger partial charge in [-0.2, -0.15) is 0 Å². The van der Waals surface area contributed by atoms with Crippen LogP contribution in [0.15, 0.2) is 48.5 Å². The highest BCUT2D eigenvalue weighted by atomic mass is 35.5. The van der Waals surface area contributed by atoms with Crippen LogP contribution < -0.4 is 10.6 Å². The van der Waals surface area contributed by atoms with Crippen LogP contribution in [0.1, 0.15) is 12.5 Å². The van der Waals surface area contributed by atoms with Gasteiger partial charge in [-0.1, -0.05) is 42.8 Å². The van der Waals surface area contributed by atoms with E-state index in [1.54, 1.807) is 6.07 Å². The highest BCUT2D eigenvalue weighted by Crippen LogP contribution is 2.20. The van der Waals surface area contributed by atoms with Crippen molar-refractivity contribution in [3.8, 4) is 0 Å². The molecule has 2 aromatic rings. The van der Waals surface area contributed by atoms with E-state index in [9.17, 15) is 4.79 Å². The number of carbonyl (C=O) groups is 1. The number of hydrogen-bond acceptors (Lipinski definition) is 2. The third-order valence-electron chi connectivity index (χ3n) is 2.96. The summed E-state index contributed by atoms with van der Waals surface area (Å²) in [5.74, 6) is -0.103. The Morgan fingerprint density at radius 3 is 2.45 bits per heavy atom. The number of para-hydroxylation sites is 1. The van der Waals surface area contributed by atoms with Crippen molar-refractivity contribution >= 4 is 28.9 Å². The molecule has 0 aliphatic heterocycles. The molecule has 2 aromatic carbocycles. The third kappa shape index (κ3) is 4.00. The van der Waals surface area contributed by atoms with Crippen LogP contribution in [0.2, 0.25) is 5.02 Å². The molecule has 1 amide bonds. The largest absolute Gasteiger partial charge is 0.375 e. The van der Waals surface area contributed by atoms with Crippen LogP contribution in [0, 0.1) is 0 Å². The fourth-order valence-corrected chi connectivity index (χ4v) is 2.01. The van der Waals surface area contributed by atoms with E-state index < -0.39 is 0 Å². The van der Waals surface area contributed by atoms with Gasteiger partial charge in [0.1, 0.15) is 0 Å². The number of aryl methyl sites for hydroxylation is 1. The number of nitrogens with one attached hydrogen (secondary N) is 2. The van der Waals surface area contributed by atoms with Gasteiger partial charge >= 0.3 is 0 Å². The molecule has 0 bridgehead atoms. The highest BCUT2D eigenvalue weighted by Gasteiger charge is 2.04. The number of halogens is 1. The molecule has 3 nitrogen and oxygen atoms in total. The van der Waals surface area contributed by atoms with Crippen molar-refractivity contribution in [2.24, 2.45) is 0 Å². The Morgan fingerprint density at radius 1 is 1.10 bits per heavy atom. The van der Waals surface area contributed by atoms with Crippen LogP contribution >= 0.6 is 11.6 Å². The second kappa shape index (κ2) is 6.96. The van der Waals surface area contributed by atoms with Gasteiger partial charge in [0.25, 0.3) is 0 Å². The first-order valence-corrected chi connectivity index (χ1v) is 6.94. The van der Waals surface area contributed by atoms with E-state index in [2.05, 4.69) is 17.6 Å². The van der Waals surface area contributed by atoms with Crippen molar-refractivity contribution in [2.45, 2.75) is 13.3 Å². The maximum Gasteiger partial charge on any atom is 0.243 e. The fraction of sp³-hybridized carbons (Fsp3) is 0.188. The zero-order chi connectivity index (χ0) is 14.4. The number of amides is 1. The molecule has 0 spiro atoms. The molecule has 0 fully saturated rings. The van der Waals surface area contributed by atoms with Gasteiger partial charge in [0.05, 0.1) is 17.3 Å². The molecule has 0 aromatic heterocycles. The van der Waals surface area contributed by atoms with Crippen LogP contribution in [0.4, 0.5) is 11.4 Å². The summed E-state index contributed by atoms with van der Waals surface area (Å²) in [6, 6.07) is 15.2. The van der Waals surface area contributed by atoms with Gasteiger partial charge in [-0.3, -0.25) is 4.79 Å². The summed E-state index contributed by atoms with van der Waals surface area (Å²) in [4.78, 5) is 11.8.